The third-order valence-electron chi connectivity index (χ3n) is 3.58. The molecule has 0 amide bonds. The Labute approximate surface area is 127 Å². The van der Waals surface area contributed by atoms with Crippen molar-refractivity contribution in [2.75, 3.05) is 6.54 Å². The van der Waals surface area contributed by atoms with E-state index in [0.717, 1.165) is 19.4 Å². The summed E-state index contributed by atoms with van der Waals surface area (Å²) in [6, 6.07) is 2.48. The second kappa shape index (κ2) is 6.09. The van der Waals surface area contributed by atoms with E-state index >= 15 is 0 Å². The number of nitrogens with one attached hydrogen (secondary N) is 2. The van der Waals surface area contributed by atoms with Crippen LogP contribution >= 0.6 is 15.9 Å². The first-order valence-corrected chi connectivity index (χ1v) is 8.80. The second-order valence-electron chi connectivity index (χ2n) is 5.14. The maximum absolute atomic E-state index is 13.4. The predicted molar refractivity (Wildman–Crippen MR) is 79.6 cm³/mol. The van der Waals surface area contributed by atoms with Gasteiger partial charge in [-0.05, 0) is 66.9 Å². The molecule has 0 radical (unpaired) electrons. The highest BCUT2D eigenvalue weighted by Crippen LogP contribution is 2.24. The molecule has 1 aliphatic heterocycles. The Bertz CT molecular complexity index is 607. The maximum atomic E-state index is 13.4. The Balaban J connectivity index is 2.28. The molecule has 2 N–H and O–H groups in total. The largest absolute Gasteiger partial charge is 0.313 e. The third-order valence-corrected chi connectivity index (χ3v) is 5.82. The molecule has 1 aromatic rings. The van der Waals surface area contributed by atoms with Gasteiger partial charge in [0.1, 0.15) is 5.82 Å². The lowest BCUT2D eigenvalue weighted by molar-refractivity contribution is 0.348. The normalized spacial score (nSPS) is 23.8. The molecule has 1 fully saturated rings. The zero-order chi connectivity index (χ0) is 14.9. The standard InChI is InChI=1S/C13H18BrFN2O2S/c1-8-6-11(15)10(14)7-13(8)20(18,19)17-12-4-3-5-16-9(12)2/h6-7,9,12,16-17H,3-5H2,1-2H3. The van der Waals surface area contributed by atoms with Crippen molar-refractivity contribution in [3.05, 3.63) is 28.0 Å². The number of piperidine rings is 1. The molecule has 0 aromatic heterocycles. The van der Waals surface area contributed by atoms with E-state index in [9.17, 15) is 12.8 Å². The van der Waals surface area contributed by atoms with Crippen LogP contribution < -0.4 is 10.0 Å². The quantitative estimate of drug-likeness (QED) is 0.865. The molecule has 112 valence electrons. The summed E-state index contributed by atoms with van der Waals surface area (Å²) >= 11 is 3.03. The smallest absolute Gasteiger partial charge is 0.241 e. The first kappa shape index (κ1) is 15.9. The summed E-state index contributed by atoms with van der Waals surface area (Å²) in [5, 5.41) is 3.25. The van der Waals surface area contributed by atoms with Crippen LogP contribution in [0.25, 0.3) is 0 Å². The van der Waals surface area contributed by atoms with Gasteiger partial charge >= 0.3 is 0 Å². The van der Waals surface area contributed by atoms with E-state index in [4.69, 9.17) is 0 Å². The van der Waals surface area contributed by atoms with Gasteiger partial charge in [-0.2, -0.15) is 0 Å². The van der Waals surface area contributed by atoms with Gasteiger partial charge in [0, 0.05) is 12.1 Å². The van der Waals surface area contributed by atoms with Crippen molar-refractivity contribution in [3.8, 4) is 0 Å². The van der Waals surface area contributed by atoms with Gasteiger partial charge in [0.2, 0.25) is 10.0 Å². The molecule has 1 aromatic carbocycles. The lowest BCUT2D eigenvalue weighted by Crippen LogP contribution is -2.51. The highest BCUT2D eigenvalue weighted by atomic mass is 79.9. The monoisotopic (exact) mass is 364 g/mol. The summed E-state index contributed by atoms with van der Waals surface area (Å²) in [6.07, 6.45) is 1.73. The van der Waals surface area contributed by atoms with E-state index in [2.05, 4.69) is 26.0 Å². The molecule has 1 saturated heterocycles. The summed E-state index contributed by atoms with van der Waals surface area (Å²) in [5.74, 6) is -0.464. The van der Waals surface area contributed by atoms with Gasteiger partial charge in [-0.25, -0.2) is 17.5 Å². The van der Waals surface area contributed by atoms with Crippen LogP contribution in [0, 0.1) is 12.7 Å². The highest BCUT2D eigenvalue weighted by Gasteiger charge is 2.27. The van der Waals surface area contributed by atoms with E-state index in [1.807, 2.05) is 6.92 Å². The van der Waals surface area contributed by atoms with Gasteiger partial charge < -0.3 is 5.32 Å². The van der Waals surface area contributed by atoms with Crippen LogP contribution in [0.15, 0.2) is 21.5 Å². The maximum Gasteiger partial charge on any atom is 0.241 e. The van der Waals surface area contributed by atoms with Gasteiger partial charge in [-0.3, -0.25) is 0 Å². The minimum absolute atomic E-state index is 0.0859. The lowest BCUT2D eigenvalue weighted by Gasteiger charge is -2.30. The van der Waals surface area contributed by atoms with E-state index in [1.165, 1.54) is 12.1 Å². The second-order valence-corrected chi connectivity index (χ2v) is 7.68. The van der Waals surface area contributed by atoms with Crippen LogP contribution in [0.1, 0.15) is 25.3 Å². The number of aryl methyl sites for hydroxylation is 1. The average molecular weight is 365 g/mol. The van der Waals surface area contributed by atoms with Crippen LogP contribution in [0.3, 0.4) is 0 Å². The van der Waals surface area contributed by atoms with Crippen molar-refractivity contribution < 1.29 is 12.8 Å². The third kappa shape index (κ3) is 3.39. The number of halogens is 2. The Morgan fingerprint density at radius 2 is 2.15 bits per heavy atom. The van der Waals surface area contributed by atoms with Gasteiger partial charge in [-0.1, -0.05) is 0 Å². The number of hydrogen-bond acceptors (Lipinski definition) is 3. The minimum Gasteiger partial charge on any atom is -0.313 e. The summed E-state index contributed by atoms with van der Waals surface area (Å²) in [4.78, 5) is 0.114. The van der Waals surface area contributed by atoms with Crippen molar-refractivity contribution in [3.63, 3.8) is 0 Å². The molecule has 2 unspecified atom stereocenters. The molecular weight excluding hydrogens is 347 g/mol. The zero-order valence-electron chi connectivity index (χ0n) is 11.4. The Kier molecular flexibility index (Phi) is 4.84. The molecule has 7 heteroatoms. The Morgan fingerprint density at radius 3 is 2.80 bits per heavy atom. The van der Waals surface area contributed by atoms with E-state index < -0.39 is 15.8 Å². The first-order chi connectivity index (χ1) is 9.31. The molecule has 0 bridgehead atoms. The van der Waals surface area contributed by atoms with Gasteiger partial charge in [0.05, 0.1) is 9.37 Å². The summed E-state index contributed by atoms with van der Waals surface area (Å²) in [7, 11) is -3.65. The van der Waals surface area contributed by atoms with Gasteiger partial charge in [-0.15, -0.1) is 0 Å². The van der Waals surface area contributed by atoms with E-state index in [1.54, 1.807) is 6.92 Å². The van der Waals surface area contributed by atoms with Crippen molar-refractivity contribution in [2.24, 2.45) is 0 Å². The van der Waals surface area contributed by atoms with E-state index in [0.29, 0.717) is 5.56 Å². The van der Waals surface area contributed by atoms with Crippen LogP contribution in [-0.4, -0.2) is 27.0 Å². The number of benzene rings is 1. The fourth-order valence-corrected chi connectivity index (χ4v) is 4.48. The summed E-state index contributed by atoms with van der Waals surface area (Å²) < 4.78 is 41.2. The molecule has 0 spiro atoms. The van der Waals surface area contributed by atoms with Crippen LogP contribution in [-0.2, 0) is 10.0 Å². The molecule has 20 heavy (non-hydrogen) atoms. The summed E-state index contributed by atoms with van der Waals surface area (Å²) in [6.45, 7) is 4.45. The topological polar surface area (TPSA) is 58.2 Å². The zero-order valence-corrected chi connectivity index (χ0v) is 13.8. The van der Waals surface area contributed by atoms with E-state index in [-0.39, 0.29) is 21.5 Å². The van der Waals surface area contributed by atoms with Crippen molar-refractivity contribution in [2.45, 2.75) is 43.7 Å². The Hall–Kier alpha value is -0.500. The van der Waals surface area contributed by atoms with Crippen molar-refractivity contribution >= 4 is 26.0 Å². The van der Waals surface area contributed by atoms with Crippen molar-refractivity contribution in [1.29, 1.82) is 0 Å². The number of hydrogen-bond donors (Lipinski definition) is 2. The minimum atomic E-state index is -3.65. The van der Waals surface area contributed by atoms with Crippen LogP contribution in [0.2, 0.25) is 0 Å². The molecule has 1 heterocycles. The lowest BCUT2D eigenvalue weighted by atomic mass is 10.0. The van der Waals surface area contributed by atoms with Gasteiger partial charge in [0.15, 0.2) is 0 Å². The molecule has 1 aliphatic rings. The van der Waals surface area contributed by atoms with Crippen LogP contribution in [0.5, 0.6) is 0 Å². The first-order valence-electron chi connectivity index (χ1n) is 6.52. The van der Waals surface area contributed by atoms with Gasteiger partial charge in [0.25, 0.3) is 0 Å². The fourth-order valence-electron chi connectivity index (χ4n) is 2.39. The Morgan fingerprint density at radius 1 is 1.45 bits per heavy atom. The number of rotatable bonds is 3. The molecule has 0 saturated carbocycles. The summed E-state index contributed by atoms with van der Waals surface area (Å²) in [5.41, 5.74) is 0.398. The molecular formula is C13H18BrFN2O2S. The highest BCUT2D eigenvalue weighted by molar-refractivity contribution is 9.10. The molecule has 0 aliphatic carbocycles. The predicted octanol–water partition coefficient (Wildman–Crippen LogP) is 2.32. The molecule has 2 atom stereocenters. The fraction of sp³-hybridized carbons (Fsp3) is 0.538. The molecule has 4 nitrogen and oxygen atoms in total. The van der Waals surface area contributed by atoms with Crippen molar-refractivity contribution in [1.82, 2.24) is 10.0 Å². The SMILES string of the molecule is Cc1cc(F)c(Br)cc1S(=O)(=O)NC1CCCNC1C. The average Bonchev–Trinajstić information content (AvgIpc) is 2.36. The molecule has 2 rings (SSSR count). The van der Waals surface area contributed by atoms with Crippen LogP contribution in [0.4, 0.5) is 4.39 Å². The number of sulfonamides is 1.